The zero-order valence-corrected chi connectivity index (χ0v) is 22.6. The second kappa shape index (κ2) is 12.1. The highest BCUT2D eigenvalue weighted by molar-refractivity contribution is 9.11. The number of amides is 1. The van der Waals surface area contributed by atoms with E-state index in [1.165, 1.54) is 22.3 Å². The van der Waals surface area contributed by atoms with Gasteiger partial charge in [-0.3, -0.25) is 4.79 Å². The summed E-state index contributed by atoms with van der Waals surface area (Å²) in [6.07, 6.45) is 3.06. The van der Waals surface area contributed by atoms with Gasteiger partial charge in [-0.25, -0.2) is 4.79 Å². The minimum Gasteiger partial charge on any atom is -0.481 e. The summed E-state index contributed by atoms with van der Waals surface area (Å²) in [6, 6.07) is 16.8. The molecule has 0 aromatic heterocycles. The summed E-state index contributed by atoms with van der Waals surface area (Å²) in [5.41, 5.74) is 5.98. The van der Waals surface area contributed by atoms with E-state index in [1.807, 2.05) is 29.2 Å². The minimum atomic E-state index is -0.842. The zero-order valence-electron chi connectivity index (χ0n) is 21.0. The maximum absolute atomic E-state index is 13.1. The molecule has 3 aliphatic rings. The van der Waals surface area contributed by atoms with Crippen molar-refractivity contribution in [2.45, 2.75) is 64.0 Å². The van der Waals surface area contributed by atoms with Gasteiger partial charge in [0.05, 0.1) is 6.42 Å². The third-order valence-corrected chi connectivity index (χ3v) is 8.16. The molecule has 2 saturated heterocycles. The fourth-order valence-corrected chi connectivity index (χ4v) is 6.27. The van der Waals surface area contributed by atoms with Crippen molar-refractivity contribution in [3.63, 3.8) is 0 Å². The van der Waals surface area contributed by atoms with E-state index >= 15 is 0 Å². The molecule has 2 unspecified atom stereocenters. The molecule has 1 amide bonds. The first-order valence-corrected chi connectivity index (χ1v) is 13.7. The topological polar surface area (TPSA) is 78.9 Å². The van der Waals surface area contributed by atoms with Crippen molar-refractivity contribution in [3.8, 4) is 11.1 Å². The van der Waals surface area contributed by atoms with Crippen molar-refractivity contribution in [1.29, 1.82) is 0 Å². The van der Waals surface area contributed by atoms with Crippen LogP contribution in [0.1, 0.15) is 63.0 Å². The summed E-state index contributed by atoms with van der Waals surface area (Å²) in [5, 5.41) is 12.2. The first-order valence-electron chi connectivity index (χ1n) is 12.9. The van der Waals surface area contributed by atoms with E-state index in [4.69, 9.17) is 9.84 Å². The number of carboxylic acids is 1. The smallest absolute Gasteiger partial charge is 0.410 e. The van der Waals surface area contributed by atoms with Crippen molar-refractivity contribution >= 4 is 28.0 Å². The number of carbonyl (C=O) groups excluding carboxylic acids is 1. The van der Waals surface area contributed by atoms with Crippen LogP contribution in [0.4, 0.5) is 4.79 Å². The number of carbonyl (C=O) groups is 2. The molecule has 0 spiro atoms. The number of nitrogens with zero attached hydrogens (tertiary/aromatic N) is 1. The van der Waals surface area contributed by atoms with E-state index in [1.54, 1.807) is 0 Å². The van der Waals surface area contributed by atoms with Gasteiger partial charge in [-0.1, -0.05) is 83.9 Å². The van der Waals surface area contributed by atoms with Crippen LogP contribution in [-0.2, 0) is 9.53 Å². The van der Waals surface area contributed by atoms with E-state index in [9.17, 15) is 9.59 Å². The molecule has 192 valence electrons. The van der Waals surface area contributed by atoms with Crippen LogP contribution in [0.5, 0.6) is 0 Å². The highest BCUT2D eigenvalue weighted by atomic mass is 79.9. The molecule has 36 heavy (non-hydrogen) atoms. The quantitative estimate of drug-likeness (QED) is 0.437. The maximum Gasteiger partial charge on any atom is 0.410 e. The number of piperidine rings is 1. The largest absolute Gasteiger partial charge is 0.481 e. The molecular weight excluding hydrogens is 520 g/mol. The third-order valence-electron chi connectivity index (χ3n) is 7.32. The lowest BCUT2D eigenvalue weighted by Crippen LogP contribution is -2.45. The molecule has 2 N–H and O–H groups in total. The summed E-state index contributed by atoms with van der Waals surface area (Å²) in [5.74, 6) is -0.787. The normalized spacial score (nSPS) is 19.8. The van der Waals surface area contributed by atoms with Gasteiger partial charge in [0.15, 0.2) is 0 Å². The fourth-order valence-electron chi connectivity index (χ4n) is 5.71. The zero-order chi connectivity index (χ0) is 25.7. The van der Waals surface area contributed by atoms with Crippen molar-refractivity contribution < 1.29 is 19.4 Å². The molecule has 0 radical (unpaired) electrons. The van der Waals surface area contributed by atoms with E-state index < -0.39 is 5.97 Å². The first kappa shape index (κ1) is 26.4. The number of fused-ring (bicyclic) bond motifs is 5. The highest BCUT2D eigenvalue weighted by Gasteiger charge is 2.43. The lowest BCUT2D eigenvalue weighted by Gasteiger charge is -2.36. The Morgan fingerprint density at radius 2 is 1.50 bits per heavy atom. The first-order chi connectivity index (χ1) is 17.4. The number of rotatable bonds is 6. The Morgan fingerprint density at radius 3 is 1.97 bits per heavy atom. The van der Waals surface area contributed by atoms with Crippen LogP contribution in [0.2, 0.25) is 0 Å². The van der Waals surface area contributed by atoms with Crippen molar-refractivity contribution in [1.82, 2.24) is 10.2 Å². The van der Waals surface area contributed by atoms with Crippen LogP contribution in [0.3, 0.4) is 0 Å². The number of halogens is 1. The Bertz CT molecular complexity index is 1070. The molecule has 0 saturated carbocycles. The van der Waals surface area contributed by atoms with E-state index in [-0.39, 0.29) is 30.5 Å². The Balaban J connectivity index is 0.000000556. The van der Waals surface area contributed by atoms with Crippen molar-refractivity contribution in [2.75, 3.05) is 19.7 Å². The molecule has 6 nitrogen and oxygen atoms in total. The number of carboxylic acid groups (broad SMARTS) is 1. The highest BCUT2D eigenvalue weighted by Crippen LogP contribution is 2.45. The summed E-state index contributed by atoms with van der Waals surface area (Å²) in [6.45, 7) is 6.72. The summed E-state index contributed by atoms with van der Waals surface area (Å²) in [7, 11) is 0. The number of nitrogens with one attached hydrogen (secondary N) is 1. The maximum atomic E-state index is 13.1. The molecular formula is C29H35BrN2O4. The van der Waals surface area contributed by atoms with Gasteiger partial charge in [0.25, 0.3) is 0 Å². The van der Waals surface area contributed by atoms with E-state index in [0.717, 1.165) is 36.0 Å². The van der Waals surface area contributed by atoms with Gasteiger partial charge in [-0.2, -0.15) is 0 Å². The van der Waals surface area contributed by atoms with Gasteiger partial charge < -0.3 is 20.1 Å². The molecule has 2 aromatic rings. The second-order valence-electron chi connectivity index (χ2n) is 9.54. The lowest BCUT2D eigenvalue weighted by atomic mass is 9.96. The summed E-state index contributed by atoms with van der Waals surface area (Å²) in [4.78, 5) is 26.0. The Labute approximate surface area is 221 Å². The molecule has 7 heteroatoms. The van der Waals surface area contributed by atoms with Crippen LogP contribution in [0, 0.1) is 0 Å². The van der Waals surface area contributed by atoms with Gasteiger partial charge in [0.2, 0.25) is 0 Å². The average molecular weight is 556 g/mol. The van der Waals surface area contributed by atoms with Gasteiger partial charge in [0.1, 0.15) is 6.61 Å². The number of aliphatic carboxylic acids is 1. The number of benzene rings is 2. The molecule has 2 aliphatic heterocycles. The second-order valence-corrected chi connectivity index (χ2v) is 10.5. The Kier molecular flexibility index (Phi) is 8.86. The molecule has 2 fully saturated rings. The Hall–Kier alpha value is -2.64. The van der Waals surface area contributed by atoms with Crippen LogP contribution in [0.15, 0.2) is 58.6 Å². The van der Waals surface area contributed by atoms with Crippen molar-refractivity contribution in [3.05, 3.63) is 69.7 Å². The van der Waals surface area contributed by atoms with Gasteiger partial charge >= 0.3 is 12.1 Å². The molecule has 5 rings (SSSR count). The van der Waals surface area contributed by atoms with Gasteiger partial charge in [-0.15, -0.1) is 0 Å². The van der Waals surface area contributed by atoms with Crippen molar-refractivity contribution in [2.24, 2.45) is 0 Å². The molecule has 2 heterocycles. The molecule has 2 atom stereocenters. The van der Waals surface area contributed by atoms with Crippen LogP contribution < -0.4 is 5.32 Å². The summed E-state index contributed by atoms with van der Waals surface area (Å²) < 4.78 is 6.64. The van der Waals surface area contributed by atoms with Crippen LogP contribution in [0.25, 0.3) is 11.1 Å². The van der Waals surface area contributed by atoms with Crippen LogP contribution in [-0.4, -0.2) is 53.8 Å². The minimum absolute atomic E-state index is 0.000280. The van der Waals surface area contributed by atoms with Gasteiger partial charge in [0, 0.05) is 22.5 Å². The SMILES string of the molecule is CCNCC.O=C(O)CC(Br)=C1CC2CCC(C1)N2C(=O)OCC1c2ccccc2-c2ccccc21. The summed E-state index contributed by atoms with van der Waals surface area (Å²) >= 11 is 3.45. The monoisotopic (exact) mass is 554 g/mol. The number of ether oxygens (including phenoxy) is 1. The molecule has 1 aliphatic carbocycles. The van der Waals surface area contributed by atoms with Crippen LogP contribution >= 0.6 is 15.9 Å². The van der Waals surface area contributed by atoms with Gasteiger partial charge in [-0.05, 0) is 61.0 Å². The molecule has 2 bridgehead atoms. The Morgan fingerprint density at radius 1 is 0.972 bits per heavy atom. The average Bonchev–Trinajstić information content (AvgIpc) is 3.33. The molecule has 2 aromatic carbocycles. The predicted octanol–water partition coefficient (Wildman–Crippen LogP) is 6.30. The predicted molar refractivity (Wildman–Crippen MR) is 145 cm³/mol. The standard InChI is InChI=1S/C25H24BrNO4.C4H11N/c26-23(13-24(28)29)15-11-16-9-10-17(12-15)27(16)25(30)31-14-22-20-7-3-1-5-18(20)19-6-2-4-8-21(19)22;1-3-5-4-2/h1-8,16-17,22H,9-14H2,(H,28,29);5H,3-4H2,1-2H3. The number of hydrogen-bond donors (Lipinski definition) is 2. The lowest BCUT2D eigenvalue weighted by molar-refractivity contribution is -0.136. The fraction of sp³-hybridized carbons (Fsp3) is 0.448. The van der Waals surface area contributed by atoms with E-state index in [0.29, 0.717) is 19.4 Å². The number of hydrogen-bond acceptors (Lipinski definition) is 4. The van der Waals surface area contributed by atoms with E-state index in [2.05, 4.69) is 59.4 Å². The third kappa shape index (κ3) is 5.68.